The Bertz CT molecular complexity index is 822. The third-order valence-electron chi connectivity index (χ3n) is 4.53. The average molecular weight is 319 g/mol. The number of H-pyrrole nitrogens is 1. The number of hydrogen-bond acceptors (Lipinski definition) is 4. The minimum Gasteiger partial charge on any atom is -0.321 e. The highest BCUT2D eigenvalue weighted by Gasteiger charge is 2.25. The molecule has 0 unspecified atom stereocenters. The highest BCUT2D eigenvalue weighted by molar-refractivity contribution is 5.50. The van der Waals surface area contributed by atoms with Gasteiger partial charge < -0.3 is 5.32 Å². The van der Waals surface area contributed by atoms with E-state index in [1.807, 2.05) is 6.20 Å². The van der Waals surface area contributed by atoms with Gasteiger partial charge in [-0.2, -0.15) is 5.10 Å². The normalized spacial score (nSPS) is 13.9. The zero-order valence-electron chi connectivity index (χ0n) is 13.8. The summed E-state index contributed by atoms with van der Waals surface area (Å²) in [7, 11) is 0. The third-order valence-corrected chi connectivity index (χ3v) is 4.53. The molecule has 4 rings (SSSR count). The van der Waals surface area contributed by atoms with Gasteiger partial charge >= 0.3 is 0 Å². The number of nitrogens with zero attached hydrogens (tertiary/aromatic N) is 3. The van der Waals surface area contributed by atoms with Crippen LogP contribution in [0.4, 0.5) is 11.6 Å². The molecule has 2 N–H and O–H groups in total. The summed E-state index contributed by atoms with van der Waals surface area (Å²) in [4.78, 5) is 9.05. The molecule has 1 aliphatic carbocycles. The molecule has 0 radical (unpaired) electrons. The molecule has 0 spiro atoms. The fraction of sp³-hybridized carbons (Fsp3) is 0.316. The molecule has 2 aromatic heterocycles. The summed E-state index contributed by atoms with van der Waals surface area (Å²) in [6.45, 7) is 2.07. The summed E-state index contributed by atoms with van der Waals surface area (Å²) in [6.07, 6.45) is 10.0. The number of aromatic amines is 1. The van der Waals surface area contributed by atoms with Crippen molar-refractivity contribution in [3.8, 4) is 0 Å². The summed E-state index contributed by atoms with van der Waals surface area (Å²) < 4.78 is 0. The Morgan fingerprint density at radius 2 is 2.04 bits per heavy atom. The molecule has 122 valence electrons. The molecule has 2 heterocycles. The lowest BCUT2D eigenvalue weighted by atomic mass is 9.98. The van der Waals surface area contributed by atoms with E-state index in [1.165, 1.54) is 24.0 Å². The molecule has 1 saturated carbocycles. The predicted molar refractivity (Wildman–Crippen MR) is 94.5 cm³/mol. The van der Waals surface area contributed by atoms with Crippen LogP contribution in [0.5, 0.6) is 0 Å². The van der Waals surface area contributed by atoms with Gasteiger partial charge in [0, 0.05) is 18.1 Å². The maximum Gasteiger partial charge on any atom is 0.227 e. The van der Waals surface area contributed by atoms with Gasteiger partial charge in [0.25, 0.3) is 0 Å². The third kappa shape index (κ3) is 3.30. The maximum atomic E-state index is 4.69. The second-order valence-corrected chi connectivity index (χ2v) is 6.41. The SMILES string of the molecule is Cc1cnc(Nc2cn[nH]c2)nc1CCc1ccccc1C1CC1. The van der Waals surface area contributed by atoms with Crippen LogP contribution in [-0.4, -0.2) is 20.2 Å². The summed E-state index contributed by atoms with van der Waals surface area (Å²) in [6, 6.07) is 8.83. The first kappa shape index (κ1) is 14.9. The van der Waals surface area contributed by atoms with Gasteiger partial charge in [-0.25, -0.2) is 9.97 Å². The molecule has 24 heavy (non-hydrogen) atoms. The van der Waals surface area contributed by atoms with Crippen molar-refractivity contribution in [2.45, 2.75) is 38.5 Å². The van der Waals surface area contributed by atoms with Crippen LogP contribution in [0.25, 0.3) is 0 Å². The van der Waals surface area contributed by atoms with Gasteiger partial charge in [0.15, 0.2) is 0 Å². The minimum absolute atomic E-state index is 0.618. The van der Waals surface area contributed by atoms with Crippen molar-refractivity contribution in [3.63, 3.8) is 0 Å². The number of hydrogen-bond donors (Lipinski definition) is 2. The quantitative estimate of drug-likeness (QED) is 0.723. The van der Waals surface area contributed by atoms with Crippen LogP contribution < -0.4 is 5.32 Å². The van der Waals surface area contributed by atoms with Crippen molar-refractivity contribution in [1.82, 2.24) is 20.2 Å². The Labute approximate surface area is 141 Å². The van der Waals surface area contributed by atoms with Crippen LogP contribution in [0.2, 0.25) is 0 Å². The molecule has 0 aliphatic heterocycles. The molecule has 0 atom stereocenters. The summed E-state index contributed by atoms with van der Waals surface area (Å²) in [5.74, 6) is 1.40. The molecule has 5 nitrogen and oxygen atoms in total. The van der Waals surface area contributed by atoms with Crippen molar-refractivity contribution in [2.24, 2.45) is 0 Å². The first-order chi connectivity index (χ1) is 11.8. The Morgan fingerprint density at radius 3 is 2.83 bits per heavy atom. The Balaban J connectivity index is 1.50. The fourth-order valence-corrected chi connectivity index (χ4v) is 3.05. The Hall–Kier alpha value is -2.69. The number of aryl methyl sites for hydroxylation is 3. The summed E-state index contributed by atoms with van der Waals surface area (Å²) in [5, 5.41) is 9.87. The van der Waals surface area contributed by atoms with Gasteiger partial charge in [-0.3, -0.25) is 5.10 Å². The molecular weight excluding hydrogens is 298 g/mol. The second kappa shape index (κ2) is 6.43. The van der Waals surface area contributed by atoms with E-state index in [4.69, 9.17) is 0 Å². The average Bonchev–Trinajstić information content (AvgIpc) is 3.33. The van der Waals surface area contributed by atoms with Crippen LogP contribution in [0.15, 0.2) is 42.9 Å². The van der Waals surface area contributed by atoms with Crippen molar-refractivity contribution < 1.29 is 0 Å². The van der Waals surface area contributed by atoms with Crippen molar-refractivity contribution >= 4 is 11.6 Å². The highest BCUT2D eigenvalue weighted by atomic mass is 15.2. The lowest BCUT2D eigenvalue weighted by Crippen LogP contribution is -2.04. The molecule has 1 aromatic carbocycles. The monoisotopic (exact) mass is 319 g/mol. The summed E-state index contributed by atoms with van der Waals surface area (Å²) in [5.41, 5.74) is 6.09. The molecular formula is C19H21N5. The van der Waals surface area contributed by atoms with E-state index in [0.29, 0.717) is 5.95 Å². The van der Waals surface area contributed by atoms with Gasteiger partial charge in [-0.1, -0.05) is 24.3 Å². The van der Waals surface area contributed by atoms with Gasteiger partial charge in [0.1, 0.15) is 0 Å². The molecule has 1 fully saturated rings. The molecule has 0 bridgehead atoms. The molecule has 0 amide bonds. The number of aromatic nitrogens is 4. The standard InChI is InChI=1S/C19H21N5/c1-13-10-20-19(23-16-11-21-22-12-16)24-18(13)9-8-14-4-2-3-5-17(14)15-6-7-15/h2-5,10-12,15H,6-9H2,1H3,(H,21,22)(H,20,23,24). The Kier molecular flexibility index (Phi) is 3.99. The van der Waals surface area contributed by atoms with Crippen LogP contribution in [0, 0.1) is 6.92 Å². The minimum atomic E-state index is 0.618. The van der Waals surface area contributed by atoms with Crippen LogP contribution in [0.1, 0.15) is 41.1 Å². The van der Waals surface area contributed by atoms with E-state index < -0.39 is 0 Å². The van der Waals surface area contributed by atoms with Gasteiger partial charge in [-0.05, 0) is 55.2 Å². The van der Waals surface area contributed by atoms with E-state index in [1.54, 1.807) is 12.4 Å². The second-order valence-electron chi connectivity index (χ2n) is 6.41. The van der Waals surface area contributed by atoms with Gasteiger partial charge in [0.2, 0.25) is 5.95 Å². The van der Waals surface area contributed by atoms with Crippen LogP contribution >= 0.6 is 0 Å². The fourth-order valence-electron chi connectivity index (χ4n) is 3.05. The predicted octanol–water partition coefficient (Wildman–Crippen LogP) is 3.91. The first-order valence-electron chi connectivity index (χ1n) is 8.46. The van der Waals surface area contributed by atoms with Crippen molar-refractivity contribution in [1.29, 1.82) is 0 Å². The van der Waals surface area contributed by atoms with E-state index in [2.05, 4.69) is 56.7 Å². The highest BCUT2D eigenvalue weighted by Crippen LogP contribution is 2.41. The maximum absolute atomic E-state index is 4.69. The van der Waals surface area contributed by atoms with Gasteiger partial charge in [0.05, 0.1) is 11.9 Å². The lowest BCUT2D eigenvalue weighted by molar-refractivity contribution is 0.873. The van der Waals surface area contributed by atoms with Gasteiger partial charge in [-0.15, -0.1) is 0 Å². The van der Waals surface area contributed by atoms with E-state index >= 15 is 0 Å². The molecule has 5 heteroatoms. The number of nitrogens with one attached hydrogen (secondary N) is 2. The number of benzene rings is 1. The van der Waals surface area contributed by atoms with E-state index in [0.717, 1.165) is 35.7 Å². The first-order valence-corrected chi connectivity index (χ1v) is 8.46. The smallest absolute Gasteiger partial charge is 0.227 e. The largest absolute Gasteiger partial charge is 0.321 e. The van der Waals surface area contributed by atoms with Crippen LogP contribution in [-0.2, 0) is 12.8 Å². The Morgan fingerprint density at radius 1 is 1.17 bits per heavy atom. The topological polar surface area (TPSA) is 66.5 Å². The summed E-state index contributed by atoms with van der Waals surface area (Å²) >= 11 is 0. The van der Waals surface area contributed by atoms with Crippen molar-refractivity contribution in [2.75, 3.05) is 5.32 Å². The lowest BCUT2D eigenvalue weighted by Gasteiger charge is -2.10. The van der Waals surface area contributed by atoms with E-state index in [-0.39, 0.29) is 0 Å². The zero-order chi connectivity index (χ0) is 16.4. The van der Waals surface area contributed by atoms with Crippen LogP contribution in [0.3, 0.4) is 0 Å². The van der Waals surface area contributed by atoms with E-state index in [9.17, 15) is 0 Å². The number of rotatable bonds is 6. The zero-order valence-corrected chi connectivity index (χ0v) is 13.8. The molecule has 3 aromatic rings. The molecule has 0 saturated heterocycles. The van der Waals surface area contributed by atoms with Crippen molar-refractivity contribution in [3.05, 3.63) is 65.2 Å². The number of anilines is 2. The molecule has 1 aliphatic rings.